The Morgan fingerprint density at radius 2 is 1.86 bits per heavy atom. The van der Waals surface area contributed by atoms with Crippen molar-refractivity contribution < 1.29 is 23.8 Å². The summed E-state index contributed by atoms with van der Waals surface area (Å²) < 4.78 is 17.0. The number of hydrogen-bond donors (Lipinski definition) is 0. The minimum atomic E-state index is -0.327. The van der Waals surface area contributed by atoms with E-state index in [-0.39, 0.29) is 17.7 Å². The largest absolute Gasteiger partial charge is 0.493 e. The summed E-state index contributed by atoms with van der Waals surface area (Å²) in [6, 6.07) is 13.4. The molecule has 0 aliphatic carbocycles. The first-order valence-corrected chi connectivity index (χ1v) is 10.4. The number of imide groups is 1. The van der Waals surface area contributed by atoms with Gasteiger partial charge in [0.1, 0.15) is 6.61 Å². The number of thioether (sulfide) groups is 1. The molecule has 152 valence electrons. The maximum Gasteiger partial charge on any atom is 0.293 e. The van der Waals surface area contributed by atoms with Gasteiger partial charge in [-0.15, -0.1) is 0 Å². The van der Waals surface area contributed by atoms with Crippen LogP contribution in [0.3, 0.4) is 0 Å². The SMILES string of the molecule is COCCN1C(=O)S/C(=C/c2cc(OC)c(OCc3ccccc3)cc2Br)C1=O. The molecule has 2 aromatic rings. The van der Waals surface area contributed by atoms with Gasteiger partial charge in [-0.05, 0) is 41.1 Å². The lowest BCUT2D eigenvalue weighted by molar-refractivity contribution is -0.123. The van der Waals surface area contributed by atoms with Crippen LogP contribution < -0.4 is 9.47 Å². The minimum absolute atomic E-state index is 0.231. The third-order valence-electron chi connectivity index (χ3n) is 4.20. The number of carbonyl (C=O) groups is 2. The highest BCUT2D eigenvalue weighted by atomic mass is 79.9. The molecule has 0 unspecified atom stereocenters. The predicted molar refractivity (Wildman–Crippen MR) is 116 cm³/mol. The Morgan fingerprint density at radius 3 is 2.55 bits per heavy atom. The molecule has 1 saturated heterocycles. The van der Waals surface area contributed by atoms with Crippen molar-refractivity contribution in [1.82, 2.24) is 4.90 Å². The summed E-state index contributed by atoms with van der Waals surface area (Å²) in [6.07, 6.45) is 1.67. The molecule has 0 aromatic heterocycles. The second-order valence-corrected chi connectivity index (χ2v) is 7.97. The molecular weight excluding hydrogens is 458 g/mol. The smallest absolute Gasteiger partial charge is 0.293 e. The van der Waals surface area contributed by atoms with E-state index < -0.39 is 0 Å². The van der Waals surface area contributed by atoms with Crippen LogP contribution in [0.25, 0.3) is 6.08 Å². The van der Waals surface area contributed by atoms with Crippen LogP contribution in [0.1, 0.15) is 11.1 Å². The fraction of sp³-hybridized carbons (Fsp3) is 0.238. The fourth-order valence-corrected chi connectivity index (χ4v) is 3.98. The van der Waals surface area contributed by atoms with Gasteiger partial charge >= 0.3 is 0 Å². The van der Waals surface area contributed by atoms with Crippen LogP contribution in [0.15, 0.2) is 51.8 Å². The number of methoxy groups -OCH3 is 2. The van der Waals surface area contributed by atoms with Crippen molar-refractivity contribution in [3.63, 3.8) is 0 Å². The van der Waals surface area contributed by atoms with Crippen LogP contribution in [0.2, 0.25) is 0 Å². The molecule has 0 spiro atoms. The summed E-state index contributed by atoms with van der Waals surface area (Å²) in [5, 5.41) is -0.302. The second kappa shape index (κ2) is 9.96. The molecule has 29 heavy (non-hydrogen) atoms. The number of carbonyl (C=O) groups excluding carboxylic acids is 2. The van der Waals surface area contributed by atoms with Gasteiger partial charge < -0.3 is 14.2 Å². The van der Waals surface area contributed by atoms with E-state index in [0.717, 1.165) is 21.8 Å². The van der Waals surface area contributed by atoms with Gasteiger partial charge in [0.2, 0.25) is 0 Å². The maximum atomic E-state index is 12.5. The summed E-state index contributed by atoms with van der Waals surface area (Å²) in [4.78, 5) is 26.1. The Morgan fingerprint density at radius 1 is 1.10 bits per heavy atom. The molecule has 8 heteroatoms. The van der Waals surface area contributed by atoms with Gasteiger partial charge in [0, 0.05) is 11.6 Å². The van der Waals surface area contributed by atoms with Crippen LogP contribution in [0.4, 0.5) is 4.79 Å². The fourth-order valence-electron chi connectivity index (χ4n) is 2.69. The van der Waals surface area contributed by atoms with Gasteiger partial charge in [-0.25, -0.2) is 0 Å². The summed E-state index contributed by atoms with van der Waals surface area (Å²) >= 11 is 4.43. The van der Waals surface area contributed by atoms with Crippen LogP contribution in [-0.4, -0.2) is 43.4 Å². The number of amides is 2. The molecule has 1 fully saturated rings. The third-order valence-corrected chi connectivity index (χ3v) is 5.79. The van der Waals surface area contributed by atoms with E-state index in [2.05, 4.69) is 15.9 Å². The predicted octanol–water partition coefficient (Wildman–Crippen LogP) is 4.72. The van der Waals surface area contributed by atoms with E-state index in [1.54, 1.807) is 25.3 Å². The average molecular weight is 478 g/mol. The van der Waals surface area contributed by atoms with Gasteiger partial charge in [-0.3, -0.25) is 14.5 Å². The molecule has 3 rings (SSSR count). The zero-order valence-corrected chi connectivity index (χ0v) is 18.4. The molecule has 0 N–H and O–H groups in total. The summed E-state index contributed by atoms with van der Waals surface area (Å²) in [7, 11) is 3.08. The molecular formula is C21H20BrNO5S. The standard InChI is InChI=1S/C21H20BrNO5S/c1-26-9-8-23-20(24)19(29-21(23)25)11-15-10-17(27-2)18(12-16(15)22)28-13-14-6-4-3-5-7-14/h3-7,10-12H,8-9,13H2,1-2H3/b19-11+. The zero-order chi connectivity index (χ0) is 20.8. The second-order valence-electron chi connectivity index (χ2n) is 6.13. The Bertz CT molecular complexity index is 932. The number of hydrogen-bond acceptors (Lipinski definition) is 6. The van der Waals surface area contributed by atoms with E-state index in [4.69, 9.17) is 14.2 Å². The molecule has 1 aliphatic heterocycles. The van der Waals surface area contributed by atoms with Crippen molar-refractivity contribution in [2.24, 2.45) is 0 Å². The van der Waals surface area contributed by atoms with Crippen molar-refractivity contribution in [2.75, 3.05) is 27.4 Å². The first-order chi connectivity index (χ1) is 14.0. The Labute approximate surface area is 181 Å². The first kappa shape index (κ1) is 21.4. The summed E-state index contributed by atoms with van der Waals surface area (Å²) in [5.74, 6) is 0.787. The van der Waals surface area contributed by atoms with E-state index in [0.29, 0.717) is 35.2 Å². The van der Waals surface area contributed by atoms with Crippen LogP contribution in [-0.2, 0) is 16.1 Å². The third kappa shape index (κ3) is 5.20. The molecule has 0 bridgehead atoms. The Kier molecular flexibility index (Phi) is 7.35. The minimum Gasteiger partial charge on any atom is -0.493 e. The van der Waals surface area contributed by atoms with Gasteiger partial charge in [0.25, 0.3) is 11.1 Å². The monoisotopic (exact) mass is 477 g/mol. The van der Waals surface area contributed by atoms with Crippen LogP contribution in [0, 0.1) is 0 Å². The van der Waals surface area contributed by atoms with Gasteiger partial charge in [-0.1, -0.05) is 46.3 Å². The lowest BCUT2D eigenvalue weighted by atomic mass is 10.1. The maximum absolute atomic E-state index is 12.5. The molecule has 0 saturated carbocycles. The first-order valence-electron chi connectivity index (χ1n) is 8.82. The molecule has 1 heterocycles. The lowest BCUT2D eigenvalue weighted by Gasteiger charge is -2.13. The average Bonchev–Trinajstić information content (AvgIpc) is 2.99. The summed E-state index contributed by atoms with van der Waals surface area (Å²) in [6.45, 7) is 0.937. The van der Waals surface area contributed by atoms with Crippen LogP contribution in [0.5, 0.6) is 11.5 Å². The van der Waals surface area contributed by atoms with Crippen molar-refractivity contribution in [3.05, 3.63) is 63.0 Å². The molecule has 6 nitrogen and oxygen atoms in total. The molecule has 0 atom stereocenters. The molecule has 1 aliphatic rings. The highest BCUT2D eigenvalue weighted by Crippen LogP contribution is 2.38. The number of benzene rings is 2. The van der Waals surface area contributed by atoms with Gasteiger partial charge in [0.05, 0.1) is 25.2 Å². The number of halogens is 1. The lowest BCUT2D eigenvalue weighted by Crippen LogP contribution is -2.31. The Balaban J connectivity index is 1.81. The van der Waals surface area contributed by atoms with E-state index in [1.165, 1.54) is 12.0 Å². The molecule has 2 amide bonds. The quantitative estimate of drug-likeness (QED) is 0.512. The normalized spacial score (nSPS) is 15.3. The van der Waals surface area contributed by atoms with Gasteiger partial charge in [-0.2, -0.15) is 0 Å². The molecule has 0 radical (unpaired) electrons. The van der Waals surface area contributed by atoms with Crippen molar-refractivity contribution in [2.45, 2.75) is 6.61 Å². The highest BCUT2D eigenvalue weighted by molar-refractivity contribution is 9.10. The van der Waals surface area contributed by atoms with Crippen molar-refractivity contribution in [3.8, 4) is 11.5 Å². The van der Waals surface area contributed by atoms with Crippen molar-refractivity contribution in [1.29, 1.82) is 0 Å². The topological polar surface area (TPSA) is 65.1 Å². The molecule has 2 aromatic carbocycles. The van der Waals surface area contributed by atoms with E-state index in [1.807, 2.05) is 30.3 Å². The summed E-state index contributed by atoms with van der Waals surface area (Å²) in [5.41, 5.74) is 1.76. The van der Waals surface area contributed by atoms with E-state index in [9.17, 15) is 9.59 Å². The number of nitrogens with zero attached hydrogens (tertiary/aromatic N) is 1. The van der Waals surface area contributed by atoms with Crippen molar-refractivity contribution >= 4 is 44.9 Å². The van der Waals surface area contributed by atoms with Crippen LogP contribution >= 0.6 is 27.7 Å². The zero-order valence-electron chi connectivity index (χ0n) is 16.0. The highest BCUT2D eigenvalue weighted by Gasteiger charge is 2.34. The van der Waals surface area contributed by atoms with Gasteiger partial charge in [0.15, 0.2) is 11.5 Å². The number of rotatable bonds is 8. The Hall–Kier alpha value is -2.29. The van der Waals surface area contributed by atoms with E-state index >= 15 is 0 Å². The number of ether oxygens (including phenoxy) is 3.